The Morgan fingerprint density at radius 3 is 2.67 bits per heavy atom. The van der Waals surface area contributed by atoms with Crippen molar-refractivity contribution < 1.29 is 18.7 Å². The summed E-state index contributed by atoms with van der Waals surface area (Å²) in [5.41, 5.74) is 0.640. The number of rotatable bonds is 4. The van der Waals surface area contributed by atoms with Gasteiger partial charge in [0.25, 0.3) is 0 Å². The minimum Gasteiger partial charge on any atom is -0.481 e. The van der Waals surface area contributed by atoms with Crippen LogP contribution in [0.2, 0.25) is 0 Å². The topological polar surface area (TPSA) is 49.3 Å². The van der Waals surface area contributed by atoms with Crippen molar-refractivity contribution in [3.63, 3.8) is 0 Å². The smallest absolute Gasteiger partial charge is 0.308 e. The molecule has 0 aliphatic heterocycles. The molecule has 1 aromatic rings. The number of aliphatic carboxylic acids is 1. The minimum atomic E-state index is -0.871. The zero-order valence-electron chi connectivity index (χ0n) is 11.9. The fraction of sp³-hybridized carbons (Fsp3) is 0.562. The summed E-state index contributed by atoms with van der Waals surface area (Å²) in [6.07, 6.45) is 3.00. The summed E-state index contributed by atoms with van der Waals surface area (Å²) >= 11 is 0. The molecule has 1 aromatic carbocycles. The molecule has 3 nitrogen and oxygen atoms in total. The average molecular weight is 295 g/mol. The monoisotopic (exact) mass is 295 g/mol. The third-order valence-corrected chi connectivity index (χ3v) is 5.09. The van der Waals surface area contributed by atoms with Crippen LogP contribution in [-0.4, -0.2) is 17.1 Å². The number of nitrogens with one attached hydrogen (secondary N) is 1. The van der Waals surface area contributed by atoms with Gasteiger partial charge in [-0.05, 0) is 55.7 Å². The third kappa shape index (κ3) is 2.55. The molecule has 0 spiro atoms. The molecular formula is C16H19F2NO2. The van der Waals surface area contributed by atoms with Gasteiger partial charge in [-0.1, -0.05) is 6.07 Å². The minimum absolute atomic E-state index is 0.0793. The van der Waals surface area contributed by atoms with E-state index >= 15 is 0 Å². The van der Waals surface area contributed by atoms with Crippen LogP contribution in [0.25, 0.3) is 0 Å². The lowest BCUT2D eigenvalue weighted by molar-refractivity contribution is -0.144. The predicted molar refractivity (Wildman–Crippen MR) is 73.7 cm³/mol. The Morgan fingerprint density at radius 1 is 1.29 bits per heavy atom. The van der Waals surface area contributed by atoms with Gasteiger partial charge in [0.05, 0.1) is 5.92 Å². The maximum Gasteiger partial charge on any atom is 0.308 e. The van der Waals surface area contributed by atoms with E-state index in [1.807, 2.05) is 6.92 Å². The maximum atomic E-state index is 13.3. The van der Waals surface area contributed by atoms with Crippen LogP contribution in [0.4, 0.5) is 8.78 Å². The Hall–Kier alpha value is -1.49. The lowest BCUT2D eigenvalue weighted by Gasteiger charge is -2.31. The molecule has 2 N–H and O–H groups in total. The number of halogens is 2. The summed E-state index contributed by atoms with van der Waals surface area (Å²) in [4.78, 5) is 11.5. The van der Waals surface area contributed by atoms with Crippen molar-refractivity contribution in [2.75, 3.05) is 0 Å². The number of carboxylic acid groups (broad SMARTS) is 1. The number of hydrogen-bond acceptors (Lipinski definition) is 2. The molecule has 2 bridgehead atoms. The molecule has 21 heavy (non-hydrogen) atoms. The highest BCUT2D eigenvalue weighted by atomic mass is 19.2. The summed E-state index contributed by atoms with van der Waals surface area (Å²) in [7, 11) is 0. The van der Waals surface area contributed by atoms with Crippen LogP contribution in [0.5, 0.6) is 0 Å². The van der Waals surface area contributed by atoms with Gasteiger partial charge in [-0.15, -0.1) is 0 Å². The summed E-state index contributed by atoms with van der Waals surface area (Å²) < 4.78 is 26.3. The molecule has 3 rings (SSSR count). The van der Waals surface area contributed by atoms with Gasteiger partial charge in [0.1, 0.15) is 0 Å². The van der Waals surface area contributed by atoms with Crippen molar-refractivity contribution in [1.29, 1.82) is 0 Å². The molecule has 114 valence electrons. The first-order valence-corrected chi connectivity index (χ1v) is 7.41. The van der Waals surface area contributed by atoms with E-state index in [2.05, 4.69) is 5.32 Å². The summed E-state index contributed by atoms with van der Waals surface area (Å²) in [5, 5.41) is 12.8. The van der Waals surface area contributed by atoms with Crippen LogP contribution >= 0.6 is 0 Å². The number of fused-ring (bicyclic) bond motifs is 2. The van der Waals surface area contributed by atoms with Gasteiger partial charge in [-0.25, -0.2) is 8.78 Å². The van der Waals surface area contributed by atoms with E-state index in [0.717, 1.165) is 25.3 Å². The number of carbonyl (C=O) groups is 1. The van der Waals surface area contributed by atoms with Crippen molar-refractivity contribution in [1.82, 2.24) is 5.32 Å². The van der Waals surface area contributed by atoms with Crippen molar-refractivity contribution in [2.45, 2.75) is 38.3 Å². The Morgan fingerprint density at radius 2 is 2.00 bits per heavy atom. The van der Waals surface area contributed by atoms with Gasteiger partial charge in [0.15, 0.2) is 11.6 Å². The van der Waals surface area contributed by atoms with E-state index in [1.54, 1.807) is 6.07 Å². The fourth-order valence-corrected chi connectivity index (χ4v) is 4.05. The summed E-state index contributed by atoms with van der Waals surface area (Å²) in [5.74, 6) is -2.22. The normalized spacial score (nSPS) is 32.3. The van der Waals surface area contributed by atoms with Crippen molar-refractivity contribution in [3.8, 4) is 0 Å². The lowest BCUT2D eigenvalue weighted by Crippen LogP contribution is -2.45. The second-order valence-corrected chi connectivity index (χ2v) is 6.28. The second kappa shape index (κ2) is 5.37. The standard InChI is InChI=1S/C16H19F2NO2/c1-8(9-4-5-12(17)13(18)7-9)19-15-11-3-2-10(6-11)14(15)16(20)21/h4-5,7-8,10-11,14-15,19H,2-3,6H2,1H3,(H,20,21). The zero-order valence-corrected chi connectivity index (χ0v) is 11.9. The second-order valence-electron chi connectivity index (χ2n) is 6.28. The fourth-order valence-electron chi connectivity index (χ4n) is 4.05. The molecule has 0 heterocycles. The predicted octanol–water partition coefficient (Wildman–Crippen LogP) is 3.11. The quantitative estimate of drug-likeness (QED) is 0.897. The molecule has 0 saturated heterocycles. The molecule has 0 amide bonds. The molecule has 5 atom stereocenters. The maximum absolute atomic E-state index is 13.3. The summed E-state index contributed by atoms with van der Waals surface area (Å²) in [6.45, 7) is 1.86. The van der Waals surface area contributed by atoms with Gasteiger partial charge >= 0.3 is 5.97 Å². The van der Waals surface area contributed by atoms with E-state index in [9.17, 15) is 18.7 Å². The molecule has 2 aliphatic rings. The molecule has 2 aliphatic carbocycles. The zero-order chi connectivity index (χ0) is 15.1. The van der Waals surface area contributed by atoms with Crippen LogP contribution < -0.4 is 5.32 Å². The SMILES string of the molecule is CC(NC1C2CCC(C2)C1C(=O)O)c1ccc(F)c(F)c1. The average Bonchev–Trinajstić information content (AvgIpc) is 3.02. The number of benzene rings is 1. The van der Waals surface area contributed by atoms with Gasteiger partial charge in [0.2, 0.25) is 0 Å². The molecule has 0 radical (unpaired) electrons. The van der Waals surface area contributed by atoms with E-state index in [-0.39, 0.29) is 23.9 Å². The molecule has 5 unspecified atom stereocenters. The molecule has 0 aromatic heterocycles. The third-order valence-electron chi connectivity index (χ3n) is 5.09. The lowest BCUT2D eigenvalue weighted by atomic mass is 9.84. The van der Waals surface area contributed by atoms with Gasteiger partial charge in [-0.2, -0.15) is 0 Å². The Labute approximate surface area is 122 Å². The highest BCUT2D eigenvalue weighted by molar-refractivity contribution is 5.72. The van der Waals surface area contributed by atoms with Crippen LogP contribution in [0.1, 0.15) is 37.8 Å². The van der Waals surface area contributed by atoms with E-state index in [4.69, 9.17) is 0 Å². The van der Waals surface area contributed by atoms with Crippen LogP contribution in [0.15, 0.2) is 18.2 Å². The number of carboxylic acids is 1. The Kier molecular flexibility index (Phi) is 3.69. The Balaban J connectivity index is 1.76. The first-order valence-electron chi connectivity index (χ1n) is 7.41. The van der Waals surface area contributed by atoms with Crippen molar-refractivity contribution in [2.24, 2.45) is 17.8 Å². The highest BCUT2D eigenvalue weighted by Crippen LogP contribution is 2.49. The van der Waals surface area contributed by atoms with Gasteiger partial charge < -0.3 is 10.4 Å². The van der Waals surface area contributed by atoms with Crippen LogP contribution in [0.3, 0.4) is 0 Å². The van der Waals surface area contributed by atoms with Crippen LogP contribution in [0, 0.1) is 29.4 Å². The van der Waals surface area contributed by atoms with Crippen molar-refractivity contribution in [3.05, 3.63) is 35.4 Å². The van der Waals surface area contributed by atoms with Crippen LogP contribution in [-0.2, 0) is 4.79 Å². The van der Waals surface area contributed by atoms with E-state index in [1.165, 1.54) is 6.07 Å². The van der Waals surface area contributed by atoms with Crippen molar-refractivity contribution >= 4 is 5.97 Å². The van der Waals surface area contributed by atoms with E-state index < -0.39 is 17.6 Å². The van der Waals surface area contributed by atoms with Gasteiger partial charge in [0, 0.05) is 12.1 Å². The molecular weight excluding hydrogens is 276 g/mol. The molecule has 5 heteroatoms. The number of hydrogen-bond donors (Lipinski definition) is 2. The van der Waals surface area contributed by atoms with E-state index in [0.29, 0.717) is 11.5 Å². The molecule has 2 saturated carbocycles. The Bertz CT molecular complexity index is 563. The summed E-state index contributed by atoms with van der Waals surface area (Å²) in [6, 6.07) is 3.54. The largest absolute Gasteiger partial charge is 0.481 e. The molecule has 2 fully saturated rings. The highest BCUT2D eigenvalue weighted by Gasteiger charge is 2.51. The first kappa shape index (κ1) is 14.4. The van der Waals surface area contributed by atoms with Gasteiger partial charge in [-0.3, -0.25) is 4.79 Å². The first-order chi connectivity index (χ1) is 9.97.